The van der Waals surface area contributed by atoms with Crippen molar-refractivity contribution in [3.63, 3.8) is 0 Å². The molecule has 0 saturated heterocycles. The second-order valence-corrected chi connectivity index (χ2v) is 6.33. The van der Waals surface area contributed by atoms with Gasteiger partial charge in [0.2, 0.25) is 0 Å². The number of benzene rings is 1. The van der Waals surface area contributed by atoms with Crippen molar-refractivity contribution in [1.29, 1.82) is 0 Å². The molecule has 4 rings (SSSR count). The predicted octanol–water partition coefficient (Wildman–Crippen LogP) is 1.85. The number of methoxy groups -OCH3 is 1. The van der Waals surface area contributed by atoms with Gasteiger partial charge in [-0.1, -0.05) is 18.2 Å². The van der Waals surface area contributed by atoms with Crippen LogP contribution < -0.4 is 9.47 Å². The standard InChI is InChI=1S/C17H21NO3/c1-18-8-7-17-6-5-12(19)9-14(17)21-16-13(20-2)4-3-11(10-18)15(16)17/h3-6,12,14,19H,7-10H2,1-2H3/t12-,14+,17+/m1/s1/i2+1D3. The van der Waals surface area contributed by atoms with Gasteiger partial charge in [0.25, 0.3) is 0 Å². The molecule has 2 heterocycles. The average Bonchev–Trinajstić information content (AvgIpc) is 2.74. The monoisotopic (exact) mass is 291 g/mol. The molecule has 1 aromatic carbocycles. The number of hydrogen-bond donors (Lipinski definition) is 1. The van der Waals surface area contributed by atoms with Crippen molar-refractivity contribution < 1.29 is 18.7 Å². The molecule has 0 saturated carbocycles. The van der Waals surface area contributed by atoms with Gasteiger partial charge < -0.3 is 19.5 Å². The van der Waals surface area contributed by atoms with Crippen LogP contribution in [0.2, 0.25) is 0 Å². The quantitative estimate of drug-likeness (QED) is 0.633. The van der Waals surface area contributed by atoms with Crippen molar-refractivity contribution in [3.8, 4) is 11.5 Å². The van der Waals surface area contributed by atoms with E-state index >= 15 is 0 Å². The fourth-order valence-electron chi connectivity index (χ4n) is 4.00. The first kappa shape index (κ1) is 10.2. The van der Waals surface area contributed by atoms with Gasteiger partial charge in [-0.2, -0.15) is 0 Å². The summed E-state index contributed by atoms with van der Waals surface area (Å²) in [5, 5.41) is 10.0. The van der Waals surface area contributed by atoms with Crippen molar-refractivity contribution in [2.45, 2.75) is 37.0 Å². The molecular formula is C17H21NO3. The van der Waals surface area contributed by atoms with Crippen LogP contribution in [0.3, 0.4) is 0 Å². The predicted molar refractivity (Wildman–Crippen MR) is 79.8 cm³/mol. The molecule has 0 fully saturated rings. The lowest BCUT2D eigenvalue weighted by Gasteiger charge is -2.35. The minimum Gasteiger partial charge on any atom is -0.493 e. The molecule has 1 N–H and O–H groups in total. The highest BCUT2D eigenvalue weighted by molar-refractivity contribution is 5.60. The number of aliphatic hydroxyl groups is 1. The lowest BCUT2D eigenvalue weighted by molar-refractivity contribution is 0.0821. The highest BCUT2D eigenvalue weighted by Crippen LogP contribution is 2.55. The Kier molecular flexibility index (Phi) is 2.19. The molecule has 4 nitrogen and oxygen atoms in total. The van der Waals surface area contributed by atoms with Crippen LogP contribution >= 0.6 is 0 Å². The maximum Gasteiger partial charge on any atom is 0.166 e. The Morgan fingerprint density at radius 1 is 1.52 bits per heavy atom. The van der Waals surface area contributed by atoms with E-state index in [1.807, 2.05) is 12.1 Å². The van der Waals surface area contributed by atoms with Crippen LogP contribution in [0.15, 0.2) is 24.3 Å². The van der Waals surface area contributed by atoms with Gasteiger partial charge >= 0.3 is 0 Å². The molecule has 112 valence electrons. The summed E-state index contributed by atoms with van der Waals surface area (Å²) in [6.45, 7) is 1.69. The van der Waals surface area contributed by atoms with Crippen LogP contribution in [0, 0.1) is 0 Å². The highest BCUT2D eigenvalue weighted by atomic mass is 16.6. The summed E-state index contributed by atoms with van der Waals surface area (Å²) in [5.74, 6) is 0.789. The van der Waals surface area contributed by atoms with E-state index in [-0.39, 0.29) is 17.3 Å². The first-order valence-electron chi connectivity index (χ1n) is 8.86. The third-order valence-corrected chi connectivity index (χ3v) is 5.04. The Bertz CT molecular complexity index is 703. The van der Waals surface area contributed by atoms with E-state index in [2.05, 4.69) is 18.0 Å². The molecule has 3 atom stereocenters. The van der Waals surface area contributed by atoms with Gasteiger partial charge in [-0.05, 0) is 31.6 Å². The molecule has 0 bridgehead atoms. The third kappa shape index (κ3) is 1.75. The van der Waals surface area contributed by atoms with Gasteiger partial charge in [-0.25, -0.2) is 0 Å². The van der Waals surface area contributed by atoms with E-state index in [4.69, 9.17) is 13.6 Å². The Hall–Kier alpha value is -1.52. The summed E-state index contributed by atoms with van der Waals surface area (Å²) >= 11 is 0. The van der Waals surface area contributed by atoms with Crippen LogP contribution in [-0.2, 0) is 12.0 Å². The molecule has 0 radical (unpaired) electrons. The van der Waals surface area contributed by atoms with Crippen molar-refractivity contribution >= 4 is 0 Å². The fraction of sp³-hybridized carbons (Fsp3) is 0.529. The average molecular weight is 291 g/mol. The number of hydrogen-bond acceptors (Lipinski definition) is 4. The fourth-order valence-corrected chi connectivity index (χ4v) is 4.00. The lowest BCUT2D eigenvalue weighted by atomic mass is 9.69. The number of ether oxygens (including phenoxy) is 2. The molecule has 1 aliphatic carbocycles. The smallest absolute Gasteiger partial charge is 0.166 e. The molecule has 4 heteroatoms. The molecule has 3 aliphatic rings. The van der Waals surface area contributed by atoms with Gasteiger partial charge in [-0.3, -0.25) is 0 Å². The summed E-state index contributed by atoms with van der Waals surface area (Å²) in [6.07, 6.45) is 4.53. The van der Waals surface area contributed by atoms with Crippen molar-refractivity contribution in [2.75, 3.05) is 20.6 Å². The normalized spacial score (nSPS) is 36.6. The van der Waals surface area contributed by atoms with E-state index < -0.39 is 13.1 Å². The summed E-state index contributed by atoms with van der Waals surface area (Å²) in [5.41, 5.74) is 1.84. The summed E-state index contributed by atoms with van der Waals surface area (Å²) in [4.78, 5) is 2.25. The maximum atomic E-state index is 10.0. The summed E-state index contributed by atoms with van der Waals surface area (Å²) in [7, 11) is -0.444. The maximum absolute atomic E-state index is 10.0. The van der Waals surface area contributed by atoms with E-state index in [1.54, 1.807) is 6.07 Å². The minimum atomic E-state index is -2.52. The van der Waals surface area contributed by atoms with Gasteiger partial charge in [0, 0.05) is 18.5 Å². The number of rotatable bonds is 1. The third-order valence-electron chi connectivity index (χ3n) is 5.04. The van der Waals surface area contributed by atoms with Crippen LogP contribution in [0.25, 0.3) is 0 Å². The zero-order valence-electron chi connectivity index (χ0n) is 15.0. The molecule has 0 aromatic heterocycles. The van der Waals surface area contributed by atoms with Crippen LogP contribution in [0.1, 0.15) is 28.1 Å². The Balaban J connectivity index is 1.89. The molecule has 21 heavy (non-hydrogen) atoms. The Morgan fingerprint density at radius 3 is 3.29 bits per heavy atom. The van der Waals surface area contributed by atoms with E-state index in [0.717, 1.165) is 30.6 Å². The van der Waals surface area contributed by atoms with Gasteiger partial charge in [0.1, 0.15) is 6.10 Å². The SMILES string of the molecule is [2H][13C]([2H])([2H])Oc1ccc2c3c1O[C@H]1C[C@H](O)C=C[C@@]31CCN(C)C2. The van der Waals surface area contributed by atoms with Gasteiger partial charge in [-0.15, -0.1) is 0 Å². The lowest BCUT2D eigenvalue weighted by Crippen LogP contribution is -2.42. The number of aliphatic hydroxyl groups excluding tert-OH is 1. The Labute approximate surface area is 129 Å². The van der Waals surface area contributed by atoms with Crippen LogP contribution in [0.4, 0.5) is 0 Å². The highest BCUT2D eigenvalue weighted by Gasteiger charge is 2.52. The molecule has 0 unspecified atom stereocenters. The second-order valence-electron chi connectivity index (χ2n) is 6.33. The van der Waals surface area contributed by atoms with Gasteiger partial charge in [0.15, 0.2) is 11.5 Å². The summed E-state index contributed by atoms with van der Waals surface area (Å²) < 4.78 is 33.5. The van der Waals surface area contributed by atoms with Crippen molar-refractivity contribution in [2.24, 2.45) is 0 Å². The van der Waals surface area contributed by atoms with E-state index in [9.17, 15) is 5.11 Å². The first-order chi connectivity index (χ1) is 11.3. The number of nitrogens with zero attached hydrogens (tertiary/aromatic N) is 1. The van der Waals surface area contributed by atoms with Gasteiger partial charge in [0.05, 0.1) is 22.7 Å². The zero-order chi connectivity index (χ0) is 17.1. The van der Waals surface area contributed by atoms with Crippen molar-refractivity contribution in [1.82, 2.24) is 4.90 Å². The molecular weight excluding hydrogens is 267 g/mol. The molecule has 2 aliphatic heterocycles. The largest absolute Gasteiger partial charge is 0.493 e. The second kappa shape index (κ2) is 4.49. The summed E-state index contributed by atoms with van der Waals surface area (Å²) in [6, 6.07) is 3.62. The minimum absolute atomic E-state index is 0.195. The Morgan fingerprint density at radius 2 is 2.43 bits per heavy atom. The molecule has 1 aromatic rings. The molecule has 0 amide bonds. The van der Waals surface area contributed by atoms with E-state index in [0.29, 0.717) is 12.2 Å². The van der Waals surface area contributed by atoms with Crippen LogP contribution in [-0.4, -0.2) is 42.8 Å². The first-order valence-corrected chi connectivity index (χ1v) is 7.36. The van der Waals surface area contributed by atoms with Crippen molar-refractivity contribution in [3.05, 3.63) is 35.4 Å². The topological polar surface area (TPSA) is 41.9 Å². The molecule has 1 spiro atoms. The van der Waals surface area contributed by atoms with E-state index in [1.165, 1.54) is 0 Å². The zero-order valence-corrected chi connectivity index (χ0v) is 12.0. The van der Waals surface area contributed by atoms with Crippen LogP contribution in [0.5, 0.6) is 11.5 Å².